The van der Waals surface area contributed by atoms with Crippen LogP contribution >= 0.6 is 11.8 Å². The maximum Gasteiger partial charge on any atom is 0.211 e. The van der Waals surface area contributed by atoms with Crippen LogP contribution in [0.1, 0.15) is 117 Å². The molecule has 1 saturated heterocycles. The maximum atomic E-state index is 11.6. The lowest BCUT2D eigenvalue weighted by atomic mass is 9.80. The molecule has 44 heavy (non-hydrogen) atoms. The van der Waals surface area contributed by atoms with Crippen LogP contribution in [0.25, 0.3) is 0 Å². The molecule has 2 atom stereocenters. The van der Waals surface area contributed by atoms with Crippen LogP contribution in [-0.2, 0) is 21.2 Å². The van der Waals surface area contributed by atoms with Gasteiger partial charge in [0.25, 0.3) is 0 Å². The van der Waals surface area contributed by atoms with Crippen LogP contribution in [0.2, 0.25) is 0 Å². The number of thioether (sulfide) groups is 1. The molecule has 9 heteroatoms. The van der Waals surface area contributed by atoms with E-state index < -0.39 is 10.0 Å². The summed E-state index contributed by atoms with van der Waals surface area (Å²) in [5.41, 5.74) is 2.65. The number of phenolic OH excluding ortho intramolecular Hbond substituents is 1. The monoisotopic (exact) mass is 655 g/mol. The van der Waals surface area contributed by atoms with Crippen LogP contribution in [0.5, 0.6) is 5.75 Å². The number of nitrogens with zero attached hydrogens (tertiary/aromatic N) is 1. The number of aliphatic imine (C=N–C) groups is 1. The van der Waals surface area contributed by atoms with Gasteiger partial charge in [-0.15, -0.1) is 0 Å². The van der Waals surface area contributed by atoms with Crippen molar-refractivity contribution in [1.29, 1.82) is 0 Å². The second-order valence-corrected chi connectivity index (χ2v) is 13.9. The van der Waals surface area contributed by atoms with Crippen LogP contribution in [0, 0.1) is 11.8 Å². The van der Waals surface area contributed by atoms with Gasteiger partial charge in [-0.2, -0.15) is 11.8 Å². The molecule has 4 rings (SSSR count). The van der Waals surface area contributed by atoms with Crippen LogP contribution in [-0.4, -0.2) is 63.5 Å². The van der Waals surface area contributed by atoms with Crippen LogP contribution < -0.4 is 10.0 Å². The van der Waals surface area contributed by atoms with E-state index in [2.05, 4.69) is 49.0 Å². The summed E-state index contributed by atoms with van der Waals surface area (Å²) in [6, 6.07) is 6.27. The number of allylic oxidation sites excluding steroid dienone is 2. The number of rotatable bonds is 7. The molecule has 3 N–H and O–H groups in total. The molecule has 0 aromatic heterocycles. The van der Waals surface area contributed by atoms with Crippen molar-refractivity contribution in [3.8, 4) is 5.75 Å². The predicted molar refractivity (Wildman–Crippen MR) is 195 cm³/mol. The molecule has 0 radical (unpaired) electrons. The molecule has 1 heterocycles. The Morgan fingerprint density at radius 3 is 2.11 bits per heavy atom. The van der Waals surface area contributed by atoms with E-state index >= 15 is 0 Å². The zero-order valence-electron chi connectivity index (χ0n) is 29.3. The summed E-state index contributed by atoms with van der Waals surface area (Å²) in [6.45, 7) is 17.5. The minimum Gasteiger partial charge on any atom is -0.508 e. The molecule has 1 aromatic rings. The summed E-state index contributed by atoms with van der Waals surface area (Å²) in [5.74, 6) is 3.19. The topological polar surface area (TPSA) is 108 Å². The van der Waals surface area contributed by atoms with E-state index in [-0.39, 0.29) is 5.75 Å². The fraction of sp³-hybridized carbons (Fsp3) is 0.714. The second kappa shape index (κ2) is 27.5. The molecule has 2 aliphatic carbocycles. The highest BCUT2D eigenvalue weighted by Gasteiger charge is 2.36. The van der Waals surface area contributed by atoms with Crippen molar-refractivity contribution in [2.75, 3.05) is 31.4 Å². The first-order chi connectivity index (χ1) is 21.2. The Kier molecular flexibility index (Phi) is 27.6. The number of hydrogen-bond donors (Lipinski definition) is 3. The summed E-state index contributed by atoms with van der Waals surface area (Å²) in [7, 11) is -3.08. The number of aryl methyl sites for hydroxylation is 1. The van der Waals surface area contributed by atoms with E-state index in [1.54, 1.807) is 24.8 Å². The van der Waals surface area contributed by atoms with Crippen molar-refractivity contribution < 1.29 is 18.3 Å². The lowest BCUT2D eigenvalue weighted by molar-refractivity contribution is -0.0980. The number of fused-ring (bicyclic) bond motifs is 3. The van der Waals surface area contributed by atoms with E-state index in [0.717, 1.165) is 63.7 Å². The number of phenols is 1. The average molecular weight is 656 g/mol. The Morgan fingerprint density at radius 2 is 1.61 bits per heavy atom. The molecule has 1 aliphatic heterocycles. The molecular weight excluding hydrogens is 591 g/mol. The van der Waals surface area contributed by atoms with Crippen molar-refractivity contribution >= 4 is 34.4 Å². The molecule has 1 saturated carbocycles. The first kappa shape index (κ1) is 44.3. The summed E-state index contributed by atoms with van der Waals surface area (Å²) in [5, 5.41) is 13.4. The number of carbonyl (C=O) groups excluding carboxylic acids is 1. The van der Waals surface area contributed by atoms with Crippen LogP contribution in [0.3, 0.4) is 0 Å². The average Bonchev–Trinajstić information content (AvgIpc) is 3.46. The van der Waals surface area contributed by atoms with E-state index in [1.807, 2.05) is 46.1 Å². The summed E-state index contributed by atoms with van der Waals surface area (Å²) in [4.78, 5) is 12.9. The molecule has 7 nitrogen and oxygen atoms in total. The van der Waals surface area contributed by atoms with Gasteiger partial charge in [0.15, 0.2) is 0 Å². The van der Waals surface area contributed by atoms with E-state index in [9.17, 15) is 13.5 Å². The highest BCUT2D eigenvalue weighted by atomic mass is 32.2. The molecule has 0 spiro atoms. The summed E-state index contributed by atoms with van der Waals surface area (Å²) in [6.07, 6.45) is 18.2. The van der Waals surface area contributed by atoms with Gasteiger partial charge in [0, 0.05) is 31.5 Å². The Hall–Kier alpha value is -1.84. The van der Waals surface area contributed by atoms with Gasteiger partial charge >= 0.3 is 0 Å². The van der Waals surface area contributed by atoms with Crippen LogP contribution in [0.15, 0.2) is 35.3 Å². The Balaban J connectivity index is 0. The molecule has 0 amide bonds. The number of sulfonamides is 1. The van der Waals surface area contributed by atoms with Gasteiger partial charge < -0.3 is 15.2 Å². The number of carbonyl (C=O) groups is 1. The van der Waals surface area contributed by atoms with Crippen molar-refractivity contribution in [3.05, 3.63) is 41.5 Å². The van der Waals surface area contributed by atoms with E-state index in [4.69, 9.17) is 9.79 Å². The molecule has 2 unspecified atom stereocenters. The SMILES string of the molecule is C/C=C/CC.C=O.CC.CCC.CCS(=O)(=O)NCC1CCC(CN=C2CC3c4ccc(O)cc4CCC3N2)CC1.CSC. The fourth-order valence-electron chi connectivity index (χ4n) is 5.36. The highest BCUT2D eigenvalue weighted by Crippen LogP contribution is 2.39. The lowest BCUT2D eigenvalue weighted by Crippen LogP contribution is -2.33. The van der Waals surface area contributed by atoms with Crippen molar-refractivity contribution in [2.24, 2.45) is 16.8 Å². The minimum absolute atomic E-state index is 0.153. The van der Waals surface area contributed by atoms with Gasteiger partial charge in [-0.05, 0) is 106 Å². The molecule has 3 aliphatic rings. The minimum atomic E-state index is -3.08. The predicted octanol–water partition coefficient (Wildman–Crippen LogP) is 8.14. The van der Waals surface area contributed by atoms with Gasteiger partial charge in [0.2, 0.25) is 10.0 Å². The number of amidine groups is 1. The molecule has 1 aromatic carbocycles. The summed E-state index contributed by atoms with van der Waals surface area (Å²) < 4.78 is 25.9. The zero-order valence-corrected chi connectivity index (χ0v) is 31.0. The Morgan fingerprint density at radius 1 is 1.05 bits per heavy atom. The quantitative estimate of drug-likeness (QED) is 0.256. The number of nitrogens with one attached hydrogen (secondary N) is 2. The summed E-state index contributed by atoms with van der Waals surface area (Å²) >= 11 is 1.75. The smallest absolute Gasteiger partial charge is 0.211 e. The van der Waals surface area contributed by atoms with Gasteiger partial charge in [-0.3, -0.25) is 4.99 Å². The largest absolute Gasteiger partial charge is 0.508 e. The number of hydrogen-bond acceptors (Lipinski definition) is 6. The van der Waals surface area contributed by atoms with Crippen molar-refractivity contribution in [2.45, 2.75) is 118 Å². The molecule has 0 bridgehead atoms. The molecule has 256 valence electrons. The van der Waals surface area contributed by atoms with Crippen LogP contribution in [0.4, 0.5) is 0 Å². The number of aromatic hydroxyl groups is 1. The van der Waals surface area contributed by atoms with Gasteiger partial charge in [0.05, 0.1) is 11.6 Å². The Labute approximate surface area is 275 Å². The number of benzene rings is 1. The zero-order chi connectivity index (χ0) is 34.0. The van der Waals surface area contributed by atoms with E-state index in [0.29, 0.717) is 36.1 Å². The standard InChI is InChI=1S/C22H33N3O3S.C5H10.C3H8.C2H6S.C2H6.CH2O/c1-2-29(27,28)24-14-16-5-3-15(4-6-16)13-23-22-12-20-19-9-8-18(26)11-17(19)7-10-21(20)25-22;1-3-5-4-2;2*1-3-2;2*1-2/h8-9,11,15-16,20-21,24,26H,2-7,10,12-14H2,1H3,(H,23,25);3,5H,4H2,1-2H3;3H2,1-2H3;1-2H3;1-2H3;1H2/b;5-3+;;;;. The molecule has 2 fully saturated rings. The third kappa shape index (κ3) is 18.2. The third-order valence-electron chi connectivity index (χ3n) is 7.45. The van der Waals surface area contributed by atoms with E-state index in [1.165, 1.54) is 17.5 Å². The molecular formula is C35H65N3O4S2. The third-order valence-corrected chi connectivity index (χ3v) is 8.82. The lowest BCUT2D eigenvalue weighted by Gasteiger charge is -2.27. The van der Waals surface area contributed by atoms with Crippen molar-refractivity contribution in [1.82, 2.24) is 10.0 Å². The second-order valence-electron chi connectivity index (χ2n) is 11.0. The first-order valence-corrected chi connectivity index (χ1v) is 19.9. The van der Waals surface area contributed by atoms with Gasteiger partial charge in [0.1, 0.15) is 12.5 Å². The fourth-order valence-corrected chi connectivity index (χ4v) is 6.05. The van der Waals surface area contributed by atoms with Gasteiger partial charge in [-0.1, -0.05) is 59.3 Å². The Bertz CT molecular complexity index is 1010. The highest BCUT2D eigenvalue weighted by molar-refractivity contribution is 7.97. The first-order valence-electron chi connectivity index (χ1n) is 16.6. The maximum absolute atomic E-state index is 11.6. The normalized spacial score (nSPS) is 22.3. The van der Waals surface area contributed by atoms with Crippen molar-refractivity contribution in [3.63, 3.8) is 0 Å². The van der Waals surface area contributed by atoms with Gasteiger partial charge in [-0.25, -0.2) is 13.1 Å².